The van der Waals surface area contributed by atoms with Gasteiger partial charge in [-0.2, -0.15) is 0 Å². The minimum absolute atomic E-state index is 0.216. The molecular formula is C16H19FN4O. The van der Waals surface area contributed by atoms with Gasteiger partial charge in [-0.1, -0.05) is 19.1 Å². The lowest BCUT2D eigenvalue weighted by atomic mass is 10.1. The summed E-state index contributed by atoms with van der Waals surface area (Å²) in [6, 6.07) is 6.39. The van der Waals surface area contributed by atoms with Gasteiger partial charge in [-0.25, -0.2) is 14.4 Å². The Morgan fingerprint density at radius 2 is 1.91 bits per heavy atom. The second kappa shape index (κ2) is 8.07. The van der Waals surface area contributed by atoms with Crippen molar-refractivity contribution in [3.05, 3.63) is 53.7 Å². The zero-order chi connectivity index (χ0) is 15.8. The van der Waals surface area contributed by atoms with Crippen molar-refractivity contribution in [1.82, 2.24) is 15.3 Å². The number of nitrogens with zero attached hydrogens (tertiary/aromatic N) is 2. The van der Waals surface area contributed by atoms with Crippen LogP contribution in [0.4, 0.5) is 10.2 Å². The van der Waals surface area contributed by atoms with Gasteiger partial charge in [0.25, 0.3) is 5.91 Å². The number of halogens is 1. The average molecular weight is 302 g/mol. The predicted octanol–water partition coefficient (Wildman–Crippen LogP) is 2.41. The van der Waals surface area contributed by atoms with Gasteiger partial charge in [0.15, 0.2) is 0 Å². The van der Waals surface area contributed by atoms with Gasteiger partial charge in [-0.15, -0.1) is 0 Å². The van der Waals surface area contributed by atoms with Crippen molar-refractivity contribution in [1.29, 1.82) is 0 Å². The Labute approximate surface area is 129 Å². The van der Waals surface area contributed by atoms with Gasteiger partial charge in [0.1, 0.15) is 17.3 Å². The standard InChI is InChI=1S/C16H19FN4O/c1-2-8-19-16(22)14-10-21-15(11-20-14)18-9-7-12-3-5-13(17)6-4-12/h3-6,10-11H,2,7-9H2,1H3,(H,18,21)(H,19,22). The number of aromatic nitrogens is 2. The van der Waals surface area contributed by atoms with E-state index in [0.717, 1.165) is 18.4 Å². The molecule has 5 nitrogen and oxygen atoms in total. The molecule has 0 bridgehead atoms. The highest BCUT2D eigenvalue weighted by Gasteiger charge is 2.06. The Morgan fingerprint density at radius 3 is 2.55 bits per heavy atom. The van der Waals surface area contributed by atoms with Crippen LogP contribution in [0.2, 0.25) is 0 Å². The van der Waals surface area contributed by atoms with Gasteiger partial charge < -0.3 is 10.6 Å². The zero-order valence-corrected chi connectivity index (χ0v) is 12.5. The number of hydrogen-bond donors (Lipinski definition) is 2. The summed E-state index contributed by atoms with van der Waals surface area (Å²) in [7, 11) is 0. The summed E-state index contributed by atoms with van der Waals surface area (Å²) in [4.78, 5) is 19.9. The topological polar surface area (TPSA) is 66.9 Å². The maximum Gasteiger partial charge on any atom is 0.271 e. The second-order valence-corrected chi connectivity index (χ2v) is 4.85. The molecule has 2 rings (SSSR count). The fourth-order valence-electron chi connectivity index (χ4n) is 1.85. The minimum atomic E-state index is -0.237. The van der Waals surface area contributed by atoms with Gasteiger partial charge in [-0.05, 0) is 30.5 Å². The van der Waals surface area contributed by atoms with Crippen molar-refractivity contribution in [2.75, 3.05) is 18.4 Å². The molecule has 1 aromatic carbocycles. The molecule has 0 unspecified atom stereocenters. The third-order valence-electron chi connectivity index (χ3n) is 3.05. The Kier molecular flexibility index (Phi) is 5.82. The second-order valence-electron chi connectivity index (χ2n) is 4.85. The molecule has 0 saturated heterocycles. The molecule has 116 valence electrons. The normalized spacial score (nSPS) is 10.3. The van der Waals surface area contributed by atoms with E-state index in [4.69, 9.17) is 0 Å². The molecule has 0 spiro atoms. The van der Waals surface area contributed by atoms with Crippen molar-refractivity contribution in [3.8, 4) is 0 Å². The molecule has 0 fully saturated rings. The van der Waals surface area contributed by atoms with Crippen LogP contribution in [0.3, 0.4) is 0 Å². The first kappa shape index (κ1) is 15.9. The quantitative estimate of drug-likeness (QED) is 0.824. The Bertz CT molecular complexity index is 599. The molecular weight excluding hydrogens is 283 g/mol. The number of carbonyl (C=O) groups is 1. The van der Waals surface area contributed by atoms with Crippen molar-refractivity contribution in [2.24, 2.45) is 0 Å². The van der Waals surface area contributed by atoms with E-state index < -0.39 is 0 Å². The van der Waals surface area contributed by atoms with Crippen LogP contribution in [0.15, 0.2) is 36.7 Å². The zero-order valence-electron chi connectivity index (χ0n) is 12.5. The van der Waals surface area contributed by atoms with E-state index in [0.29, 0.717) is 24.6 Å². The summed E-state index contributed by atoms with van der Waals surface area (Å²) in [5.41, 5.74) is 1.34. The first-order valence-corrected chi connectivity index (χ1v) is 7.27. The number of nitrogens with one attached hydrogen (secondary N) is 2. The SMILES string of the molecule is CCCNC(=O)c1cnc(NCCc2ccc(F)cc2)cn1. The average Bonchev–Trinajstić information content (AvgIpc) is 2.55. The van der Waals surface area contributed by atoms with Gasteiger partial charge in [0.2, 0.25) is 0 Å². The highest BCUT2D eigenvalue weighted by Crippen LogP contribution is 2.05. The highest BCUT2D eigenvalue weighted by atomic mass is 19.1. The third-order valence-corrected chi connectivity index (χ3v) is 3.05. The molecule has 6 heteroatoms. The van der Waals surface area contributed by atoms with Crippen LogP contribution in [-0.2, 0) is 6.42 Å². The molecule has 0 aliphatic heterocycles. The van der Waals surface area contributed by atoms with E-state index in [1.165, 1.54) is 24.5 Å². The molecule has 22 heavy (non-hydrogen) atoms. The van der Waals surface area contributed by atoms with Gasteiger partial charge in [0.05, 0.1) is 12.4 Å². The van der Waals surface area contributed by atoms with Crippen molar-refractivity contribution >= 4 is 11.7 Å². The van der Waals surface area contributed by atoms with E-state index in [-0.39, 0.29) is 11.7 Å². The summed E-state index contributed by atoms with van der Waals surface area (Å²) in [5.74, 6) is 0.154. The fourth-order valence-corrected chi connectivity index (χ4v) is 1.85. The molecule has 2 N–H and O–H groups in total. The Balaban J connectivity index is 1.81. The van der Waals surface area contributed by atoms with Crippen LogP contribution in [0.1, 0.15) is 29.4 Å². The van der Waals surface area contributed by atoms with Crippen LogP contribution in [0.25, 0.3) is 0 Å². The molecule has 0 aliphatic rings. The number of rotatable bonds is 7. The Hall–Kier alpha value is -2.50. The monoisotopic (exact) mass is 302 g/mol. The fraction of sp³-hybridized carbons (Fsp3) is 0.312. The molecule has 2 aromatic rings. The van der Waals surface area contributed by atoms with Gasteiger partial charge in [-0.3, -0.25) is 4.79 Å². The molecule has 0 radical (unpaired) electrons. The molecule has 0 aliphatic carbocycles. The summed E-state index contributed by atoms with van der Waals surface area (Å²) >= 11 is 0. The summed E-state index contributed by atoms with van der Waals surface area (Å²) in [5, 5.41) is 5.86. The number of anilines is 1. The number of carbonyl (C=O) groups excluding carboxylic acids is 1. The predicted molar refractivity (Wildman–Crippen MR) is 83.2 cm³/mol. The van der Waals surface area contributed by atoms with Crippen molar-refractivity contribution in [2.45, 2.75) is 19.8 Å². The van der Waals surface area contributed by atoms with Crippen LogP contribution in [0, 0.1) is 5.82 Å². The van der Waals surface area contributed by atoms with Crippen LogP contribution in [0.5, 0.6) is 0 Å². The first-order valence-electron chi connectivity index (χ1n) is 7.27. The van der Waals surface area contributed by atoms with E-state index in [1.54, 1.807) is 12.1 Å². The Morgan fingerprint density at radius 1 is 1.14 bits per heavy atom. The number of benzene rings is 1. The van der Waals surface area contributed by atoms with Crippen LogP contribution in [-0.4, -0.2) is 29.0 Å². The third kappa shape index (κ3) is 4.80. The van der Waals surface area contributed by atoms with Crippen LogP contribution >= 0.6 is 0 Å². The maximum absolute atomic E-state index is 12.8. The van der Waals surface area contributed by atoms with E-state index in [2.05, 4.69) is 20.6 Å². The van der Waals surface area contributed by atoms with Crippen molar-refractivity contribution < 1.29 is 9.18 Å². The maximum atomic E-state index is 12.8. The van der Waals surface area contributed by atoms with Gasteiger partial charge >= 0.3 is 0 Å². The summed E-state index contributed by atoms with van der Waals surface area (Å²) in [6.45, 7) is 3.26. The smallest absolute Gasteiger partial charge is 0.271 e. The molecule has 1 heterocycles. The van der Waals surface area contributed by atoms with E-state index in [1.807, 2.05) is 6.92 Å². The lowest BCUT2D eigenvalue weighted by Crippen LogP contribution is -2.25. The lowest BCUT2D eigenvalue weighted by Gasteiger charge is -2.06. The number of amides is 1. The molecule has 1 amide bonds. The summed E-state index contributed by atoms with van der Waals surface area (Å²) < 4.78 is 12.8. The number of hydrogen-bond acceptors (Lipinski definition) is 4. The lowest BCUT2D eigenvalue weighted by molar-refractivity contribution is 0.0948. The van der Waals surface area contributed by atoms with Crippen molar-refractivity contribution in [3.63, 3.8) is 0 Å². The van der Waals surface area contributed by atoms with E-state index >= 15 is 0 Å². The largest absolute Gasteiger partial charge is 0.368 e. The molecule has 0 saturated carbocycles. The molecule has 1 aromatic heterocycles. The van der Waals surface area contributed by atoms with Crippen LogP contribution < -0.4 is 10.6 Å². The highest BCUT2D eigenvalue weighted by molar-refractivity contribution is 5.91. The first-order chi connectivity index (χ1) is 10.7. The summed E-state index contributed by atoms with van der Waals surface area (Å²) in [6.07, 6.45) is 4.61. The minimum Gasteiger partial charge on any atom is -0.368 e. The van der Waals surface area contributed by atoms with Gasteiger partial charge in [0, 0.05) is 13.1 Å². The molecule has 0 atom stereocenters. The van der Waals surface area contributed by atoms with E-state index in [9.17, 15) is 9.18 Å².